The van der Waals surface area contributed by atoms with Gasteiger partial charge in [-0.3, -0.25) is 9.78 Å². The normalized spacial score (nSPS) is 26.6. The van der Waals surface area contributed by atoms with Gasteiger partial charge in [-0.2, -0.15) is 0 Å². The summed E-state index contributed by atoms with van der Waals surface area (Å²) < 4.78 is 0. The Kier molecular flexibility index (Phi) is 4.79. The standard InChI is InChI=1S/C17H25NO2/c1-13(2)14-6-9-17(10-7-14,16(19)20)11-8-15-5-3-4-12-18-15/h3-5,12-14H,6-11H2,1-2H3,(H,19,20). The summed E-state index contributed by atoms with van der Waals surface area (Å²) >= 11 is 0. The molecular weight excluding hydrogens is 250 g/mol. The molecule has 0 unspecified atom stereocenters. The first-order valence-electron chi connectivity index (χ1n) is 7.67. The van der Waals surface area contributed by atoms with E-state index in [2.05, 4.69) is 18.8 Å². The number of carboxylic acid groups (broad SMARTS) is 1. The molecule has 0 radical (unpaired) electrons. The minimum atomic E-state index is -0.615. The summed E-state index contributed by atoms with van der Waals surface area (Å²) in [4.78, 5) is 16.1. The van der Waals surface area contributed by atoms with Crippen molar-refractivity contribution in [2.45, 2.75) is 52.4 Å². The van der Waals surface area contributed by atoms with Crippen LogP contribution in [0.15, 0.2) is 24.4 Å². The predicted molar refractivity (Wildman–Crippen MR) is 79.4 cm³/mol. The summed E-state index contributed by atoms with van der Waals surface area (Å²) in [5.74, 6) is 0.741. The van der Waals surface area contributed by atoms with Gasteiger partial charge in [0.05, 0.1) is 5.41 Å². The van der Waals surface area contributed by atoms with E-state index in [-0.39, 0.29) is 0 Å². The van der Waals surface area contributed by atoms with E-state index >= 15 is 0 Å². The summed E-state index contributed by atoms with van der Waals surface area (Å²) in [6, 6.07) is 5.84. The number of nitrogens with zero attached hydrogens (tertiary/aromatic N) is 1. The van der Waals surface area contributed by atoms with Crippen LogP contribution in [-0.2, 0) is 11.2 Å². The van der Waals surface area contributed by atoms with Crippen molar-refractivity contribution in [2.24, 2.45) is 17.3 Å². The topological polar surface area (TPSA) is 50.2 Å². The largest absolute Gasteiger partial charge is 0.481 e. The van der Waals surface area contributed by atoms with Crippen molar-refractivity contribution in [1.29, 1.82) is 0 Å². The second kappa shape index (κ2) is 6.38. The fraction of sp³-hybridized carbons (Fsp3) is 0.647. The Morgan fingerprint density at radius 2 is 2.10 bits per heavy atom. The molecular formula is C17H25NO2. The summed E-state index contributed by atoms with van der Waals surface area (Å²) in [5, 5.41) is 9.67. The van der Waals surface area contributed by atoms with E-state index in [0.29, 0.717) is 18.3 Å². The molecule has 0 aliphatic heterocycles. The quantitative estimate of drug-likeness (QED) is 0.885. The molecule has 1 fully saturated rings. The molecule has 0 amide bonds. The Balaban J connectivity index is 1.99. The minimum Gasteiger partial charge on any atom is -0.481 e. The van der Waals surface area contributed by atoms with Crippen LogP contribution in [0.5, 0.6) is 0 Å². The van der Waals surface area contributed by atoms with Crippen molar-refractivity contribution < 1.29 is 9.90 Å². The zero-order valence-corrected chi connectivity index (χ0v) is 12.5. The van der Waals surface area contributed by atoms with Crippen LogP contribution in [0.25, 0.3) is 0 Å². The van der Waals surface area contributed by atoms with Crippen LogP contribution in [0.1, 0.15) is 51.6 Å². The highest BCUT2D eigenvalue weighted by molar-refractivity contribution is 5.74. The molecule has 3 heteroatoms. The molecule has 0 atom stereocenters. The number of aryl methyl sites for hydroxylation is 1. The fourth-order valence-corrected chi connectivity index (χ4v) is 3.34. The molecule has 1 aliphatic carbocycles. The monoisotopic (exact) mass is 275 g/mol. The zero-order valence-electron chi connectivity index (χ0n) is 12.5. The average Bonchev–Trinajstić information content (AvgIpc) is 2.46. The molecule has 0 aromatic carbocycles. The van der Waals surface area contributed by atoms with Gasteiger partial charge in [-0.1, -0.05) is 19.9 Å². The fourth-order valence-electron chi connectivity index (χ4n) is 3.34. The SMILES string of the molecule is CC(C)C1CCC(CCc2ccccn2)(C(=O)O)CC1. The second-order valence-electron chi connectivity index (χ2n) is 6.49. The molecule has 0 spiro atoms. The Morgan fingerprint density at radius 3 is 2.60 bits per heavy atom. The van der Waals surface area contributed by atoms with Gasteiger partial charge in [-0.15, -0.1) is 0 Å². The lowest BCUT2D eigenvalue weighted by Gasteiger charge is -2.38. The van der Waals surface area contributed by atoms with E-state index in [1.165, 1.54) is 0 Å². The second-order valence-corrected chi connectivity index (χ2v) is 6.49. The van der Waals surface area contributed by atoms with Crippen molar-refractivity contribution in [3.63, 3.8) is 0 Å². The van der Waals surface area contributed by atoms with E-state index in [1.807, 2.05) is 18.2 Å². The van der Waals surface area contributed by atoms with Crippen LogP contribution in [0.3, 0.4) is 0 Å². The number of carbonyl (C=O) groups is 1. The van der Waals surface area contributed by atoms with Gasteiger partial charge >= 0.3 is 5.97 Å². The van der Waals surface area contributed by atoms with Crippen LogP contribution in [0.4, 0.5) is 0 Å². The molecule has 0 bridgehead atoms. The smallest absolute Gasteiger partial charge is 0.309 e. The number of aliphatic carboxylic acids is 1. The predicted octanol–water partition coefficient (Wildman–Crippen LogP) is 3.93. The van der Waals surface area contributed by atoms with Gasteiger partial charge in [0.25, 0.3) is 0 Å². The van der Waals surface area contributed by atoms with Crippen molar-refractivity contribution in [1.82, 2.24) is 4.98 Å². The highest BCUT2D eigenvalue weighted by Gasteiger charge is 2.41. The summed E-state index contributed by atoms with van der Waals surface area (Å²) in [6.07, 6.45) is 6.98. The molecule has 0 saturated heterocycles. The molecule has 3 nitrogen and oxygen atoms in total. The maximum atomic E-state index is 11.8. The first-order chi connectivity index (χ1) is 9.53. The molecule has 1 aliphatic rings. The zero-order chi connectivity index (χ0) is 14.6. The van der Waals surface area contributed by atoms with Crippen molar-refractivity contribution >= 4 is 5.97 Å². The maximum Gasteiger partial charge on any atom is 0.309 e. The van der Waals surface area contributed by atoms with E-state index in [9.17, 15) is 9.90 Å². The van der Waals surface area contributed by atoms with E-state index in [4.69, 9.17) is 0 Å². The first kappa shape index (κ1) is 15.0. The third-order valence-electron chi connectivity index (χ3n) is 4.97. The molecule has 20 heavy (non-hydrogen) atoms. The Hall–Kier alpha value is -1.38. The van der Waals surface area contributed by atoms with Gasteiger partial charge in [-0.05, 0) is 62.5 Å². The van der Waals surface area contributed by atoms with E-state index in [0.717, 1.165) is 37.8 Å². The van der Waals surface area contributed by atoms with Crippen LogP contribution >= 0.6 is 0 Å². The number of hydrogen-bond donors (Lipinski definition) is 1. The maximum absolute atomic E-state index is 11.8. The summed E-state index contributed by atoms with van der Waals surface area (Å²) in [7, 11) is 0. The number of carboxylic acids is 1. The Bertz CT molecular complexity index is 434. The molecule has 1 N–H and O–H groups in total. The van der Waals surface area contributed by atoms with Crippen molar-refractivity contribution in [2.75, 3.05) is 0 Å². The van der Waals surface area contributed by atoms with Gasteiger partial charge in [0.1, 0.15) is 0 Å². The van der Waals surface area contributed by atoms with Gasteiger partial charge < -0.3 is 5.11 Å². The number of hydrogen-bond acceptors (Lipinski definition) is 2. The van der Waals surface area contributed by atoms with E-state index in [1.54, 1.807) is 6.20 Å². The van der Waals surface area contributed by atoms with Crippen LogP contribution in [-0.4, -0.2) is 16.1 Å². The Labute approximate surface area is 121 Å². The lowest BCUT2D eigenvalue weighted by molar-refractivity contribution is -0.152. The van der Waals surface area contributed by atoms with Crippen LogP contribution < -0.4 is 0 Å². The number of rotatable bonds is 5. The highest BCUT2D eigenvalue weighted by atomic mass is 16.4. The summed E-state index contributed by atoms with van der Waals surface area (Å²) in [6.45, 7) is 4.48. The third-order valence-corrected chi connectivity index (χ3v) is 4.97. The minimum absolute atomic E-state index is 0.525. The van der Waals surface area contributed by atoms with Crippen molar-refractivity contribution in [3.8, 4) is 0 Å². The van der Waals surface area contributed by atoms with Gasteiger partial charge in [0.2, 0.25) is 0 Å². The molecule has 2 rings (SSSR count). The number of pyridine rings is 1. The van der Waals surface area contributed by atoms with Crippen molar-refractivity contribution in [3.05, 3.63) is 30.1 Å². The number of aromatic nitrogens is 1. The van der Waals surface area contributed by atoms with Gasteiger partial charge in [0, 0.05) is 11.9 Å². The highest BCUT2D eigenvalue weighted by Crippen LogP contribution is 2.44. The van der Waals surface area contributed by atoms with Gasteiger partial charge in [-0.25, -0.2) is 0 Å². The first-order valence-corrected chi connectivity index (χ1v) is 7.67. The molecule has 1 aromatic heterocycles. The molecule has 1 heterocycles. The van der Waals surface area contributed by atoms with Gasteiger partial charge in [0.15, 0.2) is 0 Å². The molecule has 1 aromatic rings. The summed E-state index contributed by atoms with van der Waals surface area (Å²) in [5.41, 5.74) is 0.474. The van der Waals surface area contributed by atoms with Crippen LogP contribution in [0.2, 0.25) is 0 Å². The third kappa shape index (κ3) is 3.38. The molecule has 110 valence electrons. The average molecular weight is 275 g/mol. The van der Waals surface area contributed by atoms with Crippen LogP contribution in [0, 0.1) is 17.3 Å². The van der Waals surface area contributed by atoms with E-state index < -0.39 is 11.4 Å². The molecule has 1 saturated carbocycles. The Morgan fingerprint density at radius 1 is 1.40 bits per heavy atom. The lowest BCUT2D eigenvalue weighted by Crippen LogP contribution is -2.37. The lowest BCUT2D eigenvalue weighted by atomic mass is 9.66.